The Morgan fingerprint density at radius 1 is 1.56 bits per heavy atom. The number of hydrogen-bond donors (Lipinski definition) is 2. The minimum absolute atomic E-state index is 0.0243. The van der Waals surface area contributed by atoms with Crippen molar-refractivity contribution in [1.82, 2.24) is 4.90 Å². The molecular weight excluding hydrogens is 226 g/mol. The van der Waals surface area contributed by atoms with Crippen LogP contribution >= 0.6 is 0 Å². The molecule has 0 spiro atoms. The lowest BCUT2D eigenvalue weighted by Gasteiger charge is -2.18. The second-order valence-corrected chi connectivity index (χ2v) is 5.15. The summed E-state index contributed by atoms with van der Waals surface area (Å²) in [4.78, 5) is 13.9. The number of carbonyl (C=O) groups is 1. The van der Waals surface area contributed by atoms with Gasteiger partial charge in [-0.2, -0.15) is 0 Å². The topological polar surface area (TPSA) is 58.4 Å². The van der Waals surface area contributed by atoms with Gasteiger partial charge in [0.15, 0.2) is 0 Å². The van der Waals surface area contributed by atoms with Gasteiger partial charge in [-0.05, 0) is 43.9 Å². The number of nitrogens with one attached hydrogen (secondary N) is 1. The maximum atomic E-state index is 12.1. The summed E-state index contributed by atoms with van der Waals surface area (Å²) >= 11 is 0. The van der Waals surface area contributed by atoms with Crippen LogP contribution in [0.1, 0.15) is 18.9 Å². The van der Waals surface area contributed by atoms with Gasteiger partial charge in [0.1, 0.15) is 0 Å². The number of nitrogens with two attached hydrogens (primary N) is 1. The van der Waals surface area contributed by atoms with Gasteiger partial charge in [-0.15, -0.1) is 0 Å². The van der Waals surface area contributed by atoms with E-state index in [0.29, 0.717) is 5.92 Å². The highest BCUT2D eigenvalue weighted by Gasteiger charge is 2.28. The fourth-order valence-electron chi connectivity index (χ4n) is 2.33. The van der Waals surface area contributed by atoms with Gasteiger partial charge in [0.05, 0.1) is 0 Å². The molecular formula is C14H21N3O. The van der Waals surface area contributed by atoms with Crippen LogP contribution < -0.4 is 11.1 Å². The van der Waals surface area contributed by atoms with Crippen molar-refractivity contribution >= 4 is 11.7 Å². The molecule has 1 aliphatic rings. The van der Waals surface area contributed by atoms with E-state index in [1.165, 1.54) is 0 Å². The number of amides is 2. The van der Waals surface area contributed by atoms with Crippen LogP contribution in [0.15, 0.2) is 24.3 Å². The number of aryl methyl sites for hydroxylation is 1. The molecule has 4 nitrogen and oxygen atoms in total. The van der Waals surface area contributed by atoms with E-state index in [2.05, 4.69) is 5.32 Å². The lowest BCUT2D eigenvalue weighted by Crippen LogP contribution is -2.35. The molecule has 4 heteroatoms. The summed E-state index contributed by atoms with van der Waals surface area (Å²) in [6.07, 6.45) is 0.999. The van der Waals surface area contributed by atoms with E-state index in [4.69, 9.17) is 5.73 Å². The molecule has 0 saturated carbocycles. The van der Waals surface area contributed by atoms with Crippen LogP contribution in [0.5, 0.6) is 0 Å². The zero-order chi connectivity index (χ0) is 13.1. The molecule has 1 aliphatic heterocycles. The molecule has 1 fully saturated rings. The molecule has 2 unspecified atom stereocenters. The predicted molar refractivity (Wildman–Crippen MR) is 73.5 cm³/mol. The minimum atomic E-state index is -0.0243. The molecule has 2 amide bonds. The first kappa shape index (κ1) is 12.9. The fourth-order valence-corrected chi connectivity index (χ4v) is 2.33. The third-order valence-electron chi connectivity index (χ3n) is 3.52. The normalized spacial score (nSPS) is 20.8. The number of urea groups is 1. The molecule has 18 heavy (non-hydrogen) atoms. The van der Waals surface area contributed by atoms with Gasteiger partial charge in [0.25, 0.3) is 0 Å². The number of likely N-dealkylation sites (tertiary alicyclic amines) is 1. The van der Waals surface area contributed by atoms with E-state index in [0.717, 1.165) is 30.8 Å². The second kappa shape index (κ2) is 5.40. The van der Waals surface area contributed by atoms with E-state index in [-0.39, 0.29) is 12.1 Å². The van der Waals surface area contributed by atoms with Gasteiger partial charge in [-0.1, -0.05) is 12.1 Å². The Morgan fingerprint density at radius 3 is 2.94 bits per heavy atom. The van der Waals surface area contributed by atoms with Gasteiger partial charge in [-0.25, -0.2) is 4.79 Å². The van der Waals surface area contributed by atoms with Crippen LogP contribution in [0, 0.1) is 12.8 Å². The van der Waals surface area contributed by atoms with Crippen molar-refractivity contribution in [1.29, 1.82) is 0 Å². The molecule has 0 radical (unpaired) electrons. The number of hydrogen-bond acceptors (Lipinski definition) is 2. The molecule has 0 aromatic heterocycles. The van der Waals surface area contributed by atoms with E-state index < -0.39 is 0 Å². The van der Waals surface area contributed by atoms with Crippen LogP contribution in [0.2, 0.25) is 0 Å². The van der Waals surface area contributed by atoms with E-state index >= 15 is 0 Å². The van der Waals surface area contributed by atoms with Gasteiger partial charge >= 0.3 is 6.03 Å². The summed E-state index contributed by atoms with van der Waals surface area (Å²) < 4.78 is 0. The van der Waals surface area contributed by atoms with Crippen molar-refractivity contribution < 1.29 is 4.79 Å². The van der Waals surface area contributed by atoms with E-state index in [1.807, 2.05) is 43.0 Å². The Balaban J connectivity index is 1.93. The SMILES string of the molecule is Cc1cccc(NC(=O)N2CCC(C(C)N)C2)c1. The largest absolute Gasteiger partial charge is 0.328 e. The molecule has 1 heterocycles. The van der Waals surface area contributed by atoms with Crippen molar-refractivity contribution in [3.05, 3.63) is 29.8 Å². The second-order valence-electron chi connectivity index (χ2n) is 5.15. The highest BCUT2D eigenvalue weighted by Crippen LogP contribution is 2.20. The zero-order valence-corrected chi connectivity index (χ0v) is 11.0. The van der Waals surface area contributed by atoms with E-state index in [1.54, 1.807) is 0 Å². The molecule has 0 aliphatic carbocycles. The molecule has 2 rings (SSSR count). The first-order valence-electron chi connectivity index (χ1n) is 6.44. The van der Waals surface area contributed by atoms with Crippen LogP contribution in [0.4, 0.5) is 10.5 Å². The Bertz CT molecular complexity index is 431. The quantitative estimate of drug-likeness (QED) is 0.841. The molecule has 1 aromatic carbocycles. The third kappa shape index (κ3) is 3.01. The van der Waals surface area contributed by atoms with Crippen molar-refractivity contribution in [3.63, 3.8) is 0 Å². The van der Waals surface area contributed by atoms with Crippen molar-refractivity contribution in [2.75, 3.05) is 18.4 Å². The van der Waals surface area contributed by atoms with Crippen LogP contribution in [0.25, 0.3) is 0 Å². The minimum Gasteiger partial charge on any atom is -0.328 e. The van der Waals surface area contributed by atoms with Gasteiger partial charge in [0, 0.05) is 24.8 Å². The van der Waals surface area contributed by atoms with Gasteiger partial charge in [-0.3, -0.25) is 0 Å². The highest BCUT2D eigenvalue weighted by atomic mass is 16.2. The Morgan fingerprint density at radius 2 is 2.33 bits per heavy atom. The zero-order valence-electron chi connectivity index (χ0n) is 11.0. The number of nitrogens with zero attached hydrogens (tertiary/aromatic N) is 1. The predicted octanol–water partition coefficient (Wildman–Crippen LogP) is 2.20. The lowest BCUT2D eigenvalue weighted by atomic mass is 10.0. The highest BCUT2D eigenvalue weighted by molar-refractivity contribution is 5.89. The van der Waals surface area contributed by atoms with Crippen LogP contribution in [-0.4, -0.2) is 30.1 Å². The van der Waals surface area contributed by atoms with Crippen LogP contribution in [-0.2, 0) is 0 Å². The monoisotopic (exact) mass is 247 g/mol. The number of anilines is 1. The summed E-state index contributed by atoms with van der Waals surface area (Å²) in [6.45, 7) is 5.57. The van der Waals surface area contributed by atoms with E-state index in [9.17, 15) is 4.79 Å². The summed E-state index contributed by atoms with van der Waals surface area (Å²) in [7, 11) is 0. The Hall–Kier alpha value is -1.55. The summed E-state index contributed by atoms with van der Waals surface area (Å²) in [6, 6.07) is 7.96. The molecule has 1 saturated heterocycles. The lowest BCUT2D eigenvalue weighted by molar-refractivity contribution is 0.220. The first-order valence-corrected chi connectivity index (χ1v) is 6.44. The number of rotatable bonds is 2. The molecule has 3 N–H and O–H groups in total. The van der Waals surface area contributed by atoms with Crippen molar-refractivity contribution in [2.45, 2.75) is 26.3 Å². The van der Waals surface area contributed by atoms with Gasteiger partial charge < -0.3 is 16.0 Å². The average Bonchev–Trinajstić information content (AvgIpc) is 2.78. The Kier molecular flexibility index (Phi) is 3.87. The smallest absolute Gasteiger partial charge is 0.321 e. The van der Waals surface area contributed by atoms with Crippen molar-refractivity contribution in [2.24, 2.45) is 11.7 Å². The molecule has 1 aromatic rings. The summed E-state index contributed by atoms with van der Waals surface area (Å²) in [5, 5.41) is 2.93. The maximum Gasteiger partial charge on any atom is 0.321 e. The van der Waals surface area contributed by atoms with Gasteiger partial charge in [0.2, 0.25) is 0 Å². The maximum absolute atomic E-state index is 12.1. The van der Waals surface area contributed by atoms with Crippen molar-refractivity contribution in [3.8, 4) is 0 Å². The molecule has 0 bridgehead atoms. The third-order valence-corrected chi connectivity index (χ3v) is 3.52. The number of benzene rings is 1. The summed E-state index contributed by atoms with van der Waals surface area (Å²) in [5.41, 5.74) is 7.87. The molecule has 98 valence electrons. The standard InChI is InChI=1S/C14H21N3O/c1-10-4-3-5-13(8-10)16-14(18)17-7-6-12(9-17)11(2)15/h3-5,8,11-12H,6-7,9,15H2,1-2H3,(H,16,18). The fraction of sp³-hybridized carbons (Fsp3) is 0.500. The molecule has 2 atom stereocenters. The summed E-state index contributed by atoms with van der Waals surface area (Å²) in [5.74, 6) is 0.424. The average molecular weight is 247 g/mol. The Labute approximate surface area is 108 Å². The first-order chi connectivity index (χ1) is 8.56. The van der Waals surface area contributed by atoms with Crippen LogP contribution in [0.3, 0.4) is 0 Å². The number of carbonyl (C=O) groups excluding carboxylic acids is 1.